The maximum Gasteiger partial charge on any atom is 0.0663 e. The molecule has 0 aliphatic rings. The number of benzene rings is 2. The van der Waals surface area contributed by atoms with Crippen molar-refractivity contribution < 1.29 is 0 Å². The van der Waals surface area contributed by atoms with Crippen LogP contribution in [0.1, 0.15) is 12.5 Å². The lowest BCUT2D eigenvalue weighted by atomic mass is 10.1. The van der Waals surface area contributed by atoms with Crippen LogP contribution in [0.3, 0.4) is 0 Å². The summed E-state index contributed by atoms with van der Waals surface area (Å²) in [6, 6.07) is 12.6. The number of hydrogen-bond donors (Lipinski definition) is 1. The highest BCUT2D eigenvalue weighted by Gasteiger charge is 2.04. The molecule has 0 saturated heterocycles. The number of nitrogens with one attached hydrogen (secondary N) is 1. The predicted molar refractivity (Wildman–Crippen MR) is 83.7 cm³/mol. The molecule has 0 spiro atoms. The van der Waals surface area contributed by atoms with E-state index in [0.717, 1.165) is 17.0 Å². The van der Waals surface area contributed by atoms with Gasteiger partial charge in [0.25, 0.3) is 0 Å². The minimum atomic E-state index is 0.571. The summed E-state index contributed by atoms with van der Waals surface area (Å²) in [6.45, 7) is 1.87. The highest BCUT2D eigenvalue weighted by atomic mass is 35.5. The first kappa shape index (κ1) is 14.2. The first-order valence-corrected chi connectivity index (χ1v) is 6.71. The third-order valence-electron chi connectivity index (χ3n) is 2.50. The lowest BCUT2D eigenvalue weighted by molar-refractivity contribution is 1.32. The van der Waals surface area contributed by atoms with Crippen molar-refractivity contribution >= 4 is 46.2 Å². The van der Waals surface area contributed by atoms with Gasteiger partial charge in [-0.15, -0.1) is 0 Å². The molecule has 0 atom stereocenters. The first-order chi connectivity index (χ1) is 9.06. The quantitative estimate of drug-likeness (QED) is 0.588. The third kappa shape index (κ3) is 3.87. The number of hydrogen-bond acceptors (Lipinski definition) is 2. The smallest absolute Gasteiger partial charge is 0.0663 e. The van der Waals surface area contributed by atoms with E-state index in [2.05, 4.69) is 10.5 Å². The molecule has 0 aromatic heterocycles. The monoisotopic (exact) mass is 312 g/mol. The molecule has 2 nitrogen and oxygen atoms in total. The Hall–Kier alpha value is -1.22. The minimum absolute atomic E-state index is 0.571. The van der Waals surface area contributed by atoms with Crippen molar-refractivity contribution in [3.05, 3.63) is 63.1 Å². The van der Waals surface area contributed by atoms with Crippen LogP contribution in [-0.4, -0.2) is 5.71 Å². The maximum atomic E-state index is 6.12. The second-order valence-corrected chi connectivity index (χ2v) is 5.22. The van der Waals surface area contributed by atoms with Gasteiger partial charge in [0.05, 0.1) is 16.4 Å². The van der Waals surface area contributed by atoms with Crippen molar-refractivity contribution in [3.8, 4) is 0 Å². The zero-order valence-electron chi connectivity index (χ0n) is 10.1. The van der Waals surface area contributed by atoms with Gasteiger partial charge in [-0.1, -0.05) is 46.9 Å². The maximum absolute atomic E-state index is 6.12. The van der Waals surface area contributed by atoms with E-state index in [1.54, 1.807) is 24.3 Å². The summed E-state index contributed by atoms with van der Waals surface area (Å²) in [4.78, 5) is 0. The highest BCUT2D eigenvalue weighted by molar-refractivity contribution is 6.37. The van der Waals surface area contributed by atoms with Crippen molar-refractivity contribution in [2.45, 2.75) is 6.92 Å². The molecule has 0 heterocycles. The fourth-order valence-corrected chi connectivity index (χ4v) is 2.29. The van der Waals surface area contributed by atoms with Crippen LogP contribution in [-0.2, 0) is 0 Å². The summed E-state index contributed by atoms with van der Waals surface area (Å²) in [5.41, 5.74) is 5.35. The van der Waals surface area contributed by atoms with E-state index in [1.165, 1.54) is 0 Å². The molecule has 0 saturated carbocycles. The third-order valence-corrected chi connectivity index (χ3v) is 3.28. The number of hydrazone groups is 1. The number of anilines is 1. The van der Waals surface area contributed by atoms with E-state index in [4.69, 9.17) is 34.8 Å². The average molecular weight is 314 g/mol. The van der Waals surface area contributed by atoms with E-state index < -0.39 is 0 Å². The largest absolute Gasteiger partial charge is 0.278 e. The van der Waals surface area contributed by atoms with Crippen LogP contribution >= 0.6 is 34.8 Å². The van der Waals surface area contributed by atoms with Crippen molar-refractivity contribution in [2.75, 3.05) is 5.43 Å². The Morgan fingerprint density at radius 1 is 1.00 bits per heavy atom. The van der Waals surface area contributed by atoms with E-state index in [0.29, 0.717) is 15.1 Å². The molecule has 98 valence electrons. The lowest BCUT2D eigenvalue weighted by Crippen LogP contribution is -2.00. The Kier molecular flexibility index (Phi) is 4.70. The Labute approximate surface area is 127 Å². The van der Waals surface area contributed by atoms with Gasteiger partial charge >= 0.3 is 0 Å². The molecule has 19 heavy (non-hydrogen) atoms. The number of nitrogens with zero attached hydrogens (tertiary/aromatic N) is 1. The molecule has 2 aromatic rings. The van der Waals surface area contributed by atoms with E-state index in [-0.39, 0.29) is 0 Å². The molecule has 2 rings (SSSR count). The van der Waals surface area contributed by atoms with Gasteiger partial charge < -0.3 is 0 Å². The molecule has 0 bridgehead atoms. The summed E-state index contributed by atoms with van der Waals surface area (Å²) in [7, 11) is 0. The summed E-state index contributed by atoms with van der Waals surface area (Å²) in [5, 5.41) is 6.10. The SMILES string of the molecule is C/C(=N/Nc1cccc(Cl)c1)c1ccc(Cl)cc1Cl. The van der Waals surface area contributed by atoms with Crippen LogP contribution in [0, 0.1) is 0 Å². The molecule has 2 aromatic carbocycles. The van der Waals surface area contributed by atoms with Gasteiger partial charge in [0.2, 0.25) is 0 Å². The Bertz CT molecular complexity index is 624. The van der Waals surface area contributed by atoms with Crippen molar-refractivity contribution in [1.29, 1.82) is 0 Å². The van der Waals surface area contributed by atoms with Crippen LogP contribution in [0.5, 0.6) is 0 Å². The second kappa shape index (κ2) is 6.29. The molecule has 5 heteroatoms. The number of rotatable bonds is 3. The van der Waals surface area contributed by atoms with Gasteiger partial charge in [-0.25, -0.2) is 0 Å². The Morgan fingerprint density at radius 3 is 2.42 bits per heavy atom. The molecule has 0 radical (unpaired) electrons. The van der Waals surface area contributed by atoms with Crippen molar-refractivity contribution in [2.24, 2.45) is 5.10 Å². The van der Waals surface area contributed by atoms with Crippen LogP contribution in [0.25, 0.3) is 0 Å². The summed E-state index contributed by atoms with van der Waals surface area (Å²) in [6.07, 6.45) is 0. The molecular formula is C14H11Cl3N2. The molecule has 0 fully saturated rings. The van der Waals surface area contributed by atoms with E-state index >= 15 is 0 Å². The predicted octanol–water partition coefficient (Wildman–Crippen LogP) is 5.48. The van der Waals surface area contributed by atoms with Gasteiger partial charge in [-0.2, -0.15) is 5.10 Å². The Morgan fingerprint density at radius 2 is 1.74 bits per heavy atom. The minimum Gasteiger partial charge on any atom is -0.278 e. The second-order valence-electron chi connectivity index (χ2n) is 3.94. The topological polar surface area (TPSA) is 24.4 Å². The lowest BCUT2D eigenvalue weighted by Gasteiger charge is -2.06. The Balaban J connectivity index is 2.19. The van der Waals surface area contributed by atoms with Crippen LogP contribution in [0.15, 0.2) is 47.6 Å². The van der Waals surface area contributed by atoms with E-state index in [1.807, 2.05) is 25.1 Å². The molecular weight excluding hydrogens is 303 g/mol. The van der Waals surface area contributed by atoms with E-state index in [9.17, 15) is 0 Å². The van der Waals surface area contributed by atoms with Crippen LogP contribution in [0.2, 0.25) is 15.1 Å². The molecule has 1 N–H and O–H groups in total. The van der Waals surface area contributed by atoms with Crippen LogP contribution < -0.4 is 5.43 Å². The fraction of sp³-hybridized carbons (Fsp3) is 0.0714. The zero-order chi connectivity index (χ0) is 13.8. The fourth-order valence-electron chi connectivity index (χ4n) is 1.55. The standard InChI is InChI=1S/C14H11Cl3N2/c1-9(13-6-5-11(16)8-14(13)17)18-19-12-4-2-3-10(15)7-12/h2-8,19H,1H3/b18-9-. The van der Waals surface area contributed by atoms with Gasteiger partial charge in [0.15, 0.2) is 0 Å². The summed E-state index contributed by atoms with van der Waals surface area (Å²) in [5.74, 6) is 0. The summed E-state index contributed by atoms with van der Waals surface area (Å²) < 4.78 is 0. The van der Waals surface area contributed by atoms with Gasteiger partial charge in [0, 0.05) is 15.6 Å². The molecule has 0 aliphatic heterocycles. The van der Waals surface area contributed by atoms with Crippen molar-refractivity contribution in [3.63, 3.8) is 0 Å². The normalized spacial score (nSPS) is 11.5. The molecule has 0 aliphatic carbocycles. The molecule has 0 amide bonds. The summed E-state index contributed by atoms with van der Waals surface area (Å²) >= 11 is 17.9. The average Bonchev–Trinajstić information content (AvgIpc) is 2.36. The van der Waals surface area contributed by atoms with Gasteiger partial charge in [0.1, 0.15) is 0 Å². The highest BCUT2D eigenvalue weighted by Crippen LogP contribution is 2.22. The molecule has 0 unspecified atom stereocenters. The van der Waals surface area contributed by atoms with Gasteiger partial charge in [-0.3, -0.25) is 5.43 Å². The first-order valence-electron chi connectivity index (χ1n) is 5.57. The van der Waals surface area contributed by atoms with Gasteiger partial charge in [-0.05, 0) is 37.3 Å². The van der Waals surface area contributed by atoms with Crippen molar-refractivity contribution in [1.82, 2.24) is 0 Å². The van der Waals surface area contributed by atoms with Crippen LogP contribution in [0.4, 0.5) is 5.69 Å². The zero-order valence-corrected chi connectivity index (χ0v) is 12.4. The number of halogens is 3.